The van der Waals surface area contributed by atoms with Gasteiger partial charge in [-0.05, 0) is 49.6 Å². The zero-order chi connectivity index (χ0) is 38.4. The SMILES string of the molecule is CN(C)C(=O)c1cc2cnc(Nc3ccc(N4CCN(C(=O)CNc5cccc6c5C(=O)N(C5CCC(=O)NC5=O)C6=O)CC4)cn3)nc2n1C1CCCC1. The number of fused-ring (bicyclic) bond motifs is 2. The summed E-state index contributed by atoms with van der Waals surface area (Å²) < 4.78 is 2.07. The first-order valence-corrected chi connectivity index (χ1v) is 18.5. The van der Waals surface area contributed by atoms with Crippen LogP contribution in [0.2, 0.25) is 0 Å². The number of aromatic nitrogens is 4. The van der Waals surface area contributed by atoms with Gasteiger partial charge in [-0.15, -0.1) is 0 Å². The molecule has 3 aliphatic heterocycles. The average Bonchev–Trinajstić information content (AvgIpc) is 3.91. The van der Waals surface area contributed by atoms with Gasteiger partial charge < -0.3 is 29.9 Å². The predicted octanol–water partition coefficient (Wildman–Crippen LogP) is 2.55. The van der Waals surface area contributed by atoms with Gasteiger partial charge in [-0.2, -0.15) is 4.98 Å². The topological polar surface area (TPSA) is 195 Å². The van der Waals surface area contributed by atoms with Gasteiger partial charge in [0.15, 0.2) is 0 Å². The number of anilines is 4. The van der Waals surface area contributed by atoms with Gasteiger partial charge in [-0.3, -0.25) is 39.0 Å². The molecule has 4 aliphatic rings. The van der Waals surface area contributed by atoms with E-state index in [1.165, 1.54) is 6.07 Å². The largest absolute Gasteiger partial charge is 0.375 e. The lowest BCUT2D eigenvalue weighted by Crippen LogP contribution is -2.54. The molecule has 3 N–H and O–H groups in total. The molecule has 0 bridgehead atoms. The lowest BCUT2D eigenvalue weighted by Gasteiger charge is -2.36. The highest BCUT2D eigenvalue weighted by molar-refractivity contribution is 6.25. The number of rotatable bonds is 9. The number of carbonyl (C=O) groups is 6. The van der Waals surface area contributed by atoms with Crippen LogP contribution in [0.25, 0.3) is 11.0 Å². The van der Waals surface area contributed by atoms with Crippen LogP contribution >= 0.6 is 0 Å². The molecule has 6 amide bonds. The smallest absolute Gasteiger partial charge is 0.270 e. The zero-order valence-corrected chi connectivity index (χ0v) is 30.6. The molecule has 3 aromatic heterocycles. The fourth-order valence-corrected chi connectivity index (χ4v) is 7.91. The van der Waals surface area contributed by atoms with E-state index in [1.807, 2.05) is 18.2 Å². The second-order valence-electron chi connectivity index (χ2n) is 14.4. The second kappa shape index (κ2) is 14.4. The van der Waals surface area contributed by atoms with Gasteiger partial charge in [0.2, 0.25) is 23.7 Å². The molecular weight excluding hydrogens is 706 g/mol. The Kier molecular flexibility index (Phi) is 9.36. The summed E-state index contributed by atoms with van der Waals surface area (Å²) in [4.78, 5) is 97.2. The number of benzene rings is 1. The minimum atomic E-state index is -1.07. The van der Waals surface area contributed by atoms with Crippen molar-refractivity contribution in [3.63, 3.8) is 0 Å². The number of imide groups is 2. The Balaban J connectivity index is 0.870. The standard InChI is InChI=1S/C38H41N11O6/c1-45(2)36(54)28-18-22-19-41-38(44-33(22)48(28)23-6-3-4-7-23)42-29-12-10-24(20-40-29)46-14-16-47(17-15-46)31(51)21-39-26-9-5-8-25-32(26)37(55)49(35(25)53)27-11-13-30(50)43-34(27)52/h5,8-10,12,18-20,23,27,39H,3-4,6-7,11,13-17,21H2,1-2H3,(H,43,50,52)(H,40,41,42,44). The van der Waals surface area contributed by atoms with E-state index < -0.39 is 29.7 Å². The van der Waals surface area contributed by atoms with Crippen molar-refractivity contribution in [1.82, 2.24) is 39.5 Å². The van der Waals surface area contributed by atoms with Crippen LogP contribution < -0.4 is 20.9 Å². The molecule has 1 atom stereocenters. The number of pyridine rings is 1. The minimum Gasteiger partial charge on any atom is -0.375 e. The molecule has 6 heterocycles. The van der Waals surface area contributed by atoms with Gasteiger partial charge in [0.1, 0.15) is 23.2 Å². The quantitative estimate of drug-likeness (QED) is 0.212. The Morgan fingerprint density at radius 3 is 2.42 bits per heavy atom. The van der Waals surface area contributed by atoms with Crippen molar-refractivity contribution in [2.45, 2.75) is 50.6 Å². The van der Waals surface area contributed by atoms with E-state index in [0.29, 0.717) is 49.3 Å². The first kappa shape index (κ1) is 35.6. The van der Waals surface area contributed by atoms with Gasteiger partial charge in [-0.1, -0.05) is 18.9 Å². The van der Waals surface area contributed by atoms with Crippen LogP contribution in [0.1, 0.15) is 75.8 Å². The van der Waals surface area contributed by atoms with Crippen molar-refractivity contribution < 1.29 is 28.8 Å². The van der Waals surface area contributed by atoms with Crippen molar-refractivity contribution >= 4 is 69.6 Å². The Bertz CT molecular complexity index is 2220. The maximum Gasteiger partial charge on any atom is 0.270 e. The molecule has 2 saturated heterocycles. The van der Waals surface area contributed by atoms with Crippen LogP contribution in [0.3, 0.4) is 0 Å². The third kappa shape index (κ3) is 6.70. The Hall–Kier alpha value is -6.39. The lowest BCUT2D eigenvalue weighted by atomic mass is 10.0. The van der Waals surface area contributed by atoms with Crippen LogP contribution in [-0.4, -0.2) is 123 Å². The molecule has 4 aromatic rings. The average molecular weight is 748 g/mol. The normalized spacial score (nSPS) is 18.9. The number of piperazine rings is 1. The molecule has 0 spiro atoms. The van der Waals surface area contributed by atoms with E-state index >= 15 is 0 Å². The molecule has 1 unspecified atom stereocenters. The highest BCUT2D eigenvalue weighted by Gasteiger charge is 2.45. The summed E-state index contributed by atoms with van der Waals surface area (Å²) >= 11 is 0. The molecule has 17 nitrogen and oxygen atoms in total. The Morgan fingerprint density at radius 2 is 1.71 bits per heavy atom. The fraction of sp³-hybridized carbons (Fsp3) is 0.395. The fourth-order valence-electron chi connectivity index (χ4n) is 7.91. The molecule has 1 aromatic carbocycles. The summed E-state index contributed by atoms with van der Waals surface area (Å²) in [5, 5.41) is 9.25. The number of hydrogen-bond donors (Lipinski definition) is 3. The molecule has 3 fully saturated rings. The molecule has 55 heavy (non-hydrogen) atoms. The highest BCUT2D eigenvalue weighted by Crippen LogP contribution is 2.35. The number of piperidine rings is 1. The van der Waals surface area contributed by atoms with Crippen LogP contribution in [0, 0.1) is 0 Å². The van der Waals surface area contributed by atoms with Crippen LogP contribution in [0.4, 0.5) is 23.1 Å². The van der Waals surface area contributed by atoms with E-state index in [4.69, 9.17) is 4.98 Å². The van der Waals surface area contributed by atoms with Crippen LogP contribution in [-0.2, 0) is 14.4 Å². The number of nitrogens with one attached hydrogen (secondary N) is 3. The molecule has 284 valence electrons. The summed E-state index contributed by atoms with van der Waals surface area (Å²) in [6.07, 6.45) is 7.83. The number of hydrogen-bond acceptors (Lipinski definition) is 12. The van der Waals surface area contributed by atoms with E-state index in [9.17, 15) is 28.8 Å². The van der Waals surface area contributed by atoms with Gasteiger partial charge in [0, 0.05) is 70.0 Å². The van der Waals surface area contributed by atoms with Crippen molar-refractivity contribution in [3.8, 4) is 0 Å². The number of carbonyl (C=O) groups excluding carboxylic acids is 6. The lowest BCUT2D eigenvalue weighted by molar-refractivity contribution is -0.136. The molecule has 0 radical (unpaired) electrons. The van der Waals surface area contributed by atoms with Crippen molar-refractivity contribution in [3.05, 3.63) is 65.6 Å². The van der Waals surface area contributed by atoms with Crippen LogP contribution in [0.15, 0.2) is 48.8 Å². The Morgan fingerprint density at radius 1 is 0.927 bits per heavy atom. The molecule has 1 saturated carbocycles. The Labute approximate surface area is 316 Å². The van der Waals surface area contributed by atoms with Gasteiger partial charge in [-0.25, -0.2) is 9.97 Å². The summed E-state index contributed by atoms with van der Waals surface area (Å²) in [6, 6.07) is 9.57. The number of amides is 6. The monoisotopic (exact) mass is 747 g/mol. The first-order chi connectivity index (χ1) is 26.6. The van der Waals surface area contributed by atoms with Crippen LogP contribution in [0.5, 0.6) is 0 Å². The summed E-state index contributed by atoms with van der Waals surface area (Å²) in [6.45, 7) is 2.02. The van der Waals surface area contributed by atoms with Gasteiger partial charge in [0.25, 0.3) is 17.7 Å². The first-order valence-electron chi connectivity index (χ1n) is 18.5. The van der Waals surface area contributed by atoms with Crippen molar-refractivity contribution in [1.29, 1.82) is 0 Å². The number of nitrogens with zero attached hydrogens (tertiary/aromatic N) is 8. The molecule has 1 aliphatic carbocycles. The van der Waals surface area contributed by atoms with E-state index in [-0.39, 0.29) is 48.4 Å². The highest BCUT2D eigenvalue weighted by atomic mass is 16.2. The third-order valence-corrected chi connectivity index (χ3v) is 10.8. The molecule has 8 rings (SSSR count). The van der Waals surface area contributed by atoms with Crippen molar-refractivity contribution in [2.75, 3.05) is 62.4 Å². The van der Waals surface area contributed by atoms with Gasteiger partial charge in [0.05, 0.1) is 29.6 Å². The summed E-state index contributed by atoms with van der Waals surface area (Å²) in [5.74, 6) is -1.63. The van der Waals surface area contributed by atoms with Gasteiger partial charge >= 0.3 is 0 Å². The van der Waals surface area contributed by atoms with E-state index in [0.717, 1.165) is 47.3 Å². The maximum absolute atomic E-state index is 13.4. The summed E-state index contributed by atoms with van der Waals surface area (Å²) in [7, 11) is 3.50. The predicted molar refractivity (Wildman–Crippen MR) is 201 cm³/mol. The van der Waals surface area contributed by atoms with Crippen molar-refractivity contribution in [2.24, 2.45) is 0 Å². The van der Waals surface area contributed by atoms with E-state index in [2.05, 4.69) is 35.4 Å². The third-order valence-electron chi connectivity index (χ3n) is 10.8. The van der Waals surface area contributed by atoms with E-state index in [1.54, 1.807) is 48.4 Å². The summed E-state index contributed by atoms with van der Waals surface area (Å²) in [5.41, 5.74) is 2.82. The second-order valence-corrected chi connectivity index (χ2v) is 14.4. The molecule has 17 heteroatoms. The molecular formula is C38H41N11O6. The zero-order valence-electron chi connectivity index (χ0n) is 30.6. The maximum atomic E-state index is 13.4. The minimum absolute atomic E-state index is 0.0301.